The molecule has 0 fully saturated rings. The molecule has 1 aromatic heterocycles. The van der Waals surface area contributed by atoms with Gasteiger partial charge in [-0.05, 0) is 18.2 Å². The molecule has 4 heteroatoms. The van der Waals surface area contributed by atoms with Gasteiger partial charge >= 0.3 is 0 Å². The molecule has 16 heavy (non-hydrogen) atoms. The summed E-state index contributed by atoms with van der Waals surface area (Å²) in [6.07, 6.45) is 2.38. The average molecular weight is 254 g/mol. The van der Waals surface area contributed by atoms with Crippen molar-refractivity contribution in [3.8, 4) is 0 Å². The van der Waals surface area contributed by atoms with Gasteiger partial charge in [0.1, 0.15) is 6.10 Å². The fourth-order valence-electron chi connectivity index (χ4n) is 1.48. The van der Waals surface area contributed by atoms with Crippen molar-refractivity contribution >= 4 is 23.2 Å². The van der Waals surface area contributed by atoms with Crippen LogP contribution in [0.2, 0.25) is 10.0 Å². The SMILES string of the molecule is OC(c1cccnc1)c1c(Cl)cccc1Cl. The average Bonchev–Trinajstić information content (AvgIpc) is 2.30. The summed E-state index contributed by atoms with van der Waals surface area (Å²) < 4.78 is 0. The van der Waals surface area contributed by atoms with E-state index < -0.39 is 6.10 Å². The molecule has 0 aliphatic carbocycles. The quantitative estimate of drug-likeness (QED) is 0.890. The molecule has 0 saturated carbocycles. The van der Waals surface area contributed by atoms with E-state index in [0.717, 1.165) is 0 Å². The van der Waals surface area contributed by atoms with E-state index in [1.165, 1.54) is 0 Å². The predicted molar refractivity (Wildman–Crippen MR) is 64.8 cm³/mol. The van der Waals surface area contributed by atoms with Crippen LogP contribution in [0.3, 0.4) is 0 Å². The fraction of sp³-hybridized carbons (Fsp3) is 0.0833. The van der Waals surface area contributed by atoms with Crippen LogP contribution in [-0.2, 0) is 0 Å². The van der Waals surface area contributed by atoms with Gasteiger partial charge in [-0.15, -0.1) is 0 Å². The number of hydrogen-bond donors (Lipinski definition) is 1. The van der Waals surface area contributed by atoms with Gasteiger partial charge in [0.25, 0.3) is 0 Å². The molecule has 2 rings (SSSR count). The summed E-state index contributed by atoms with van der Waals surface area (Å²) in [5, 5.41) is 11.0. The maximum Gasteiger partial charge on any atom is 0.108 e. The molecule has 1 N–H and O–H groups in total. The van der Waals surface area contributed by atoms with Crippen molar-refractivity contribution in [2.75, 3.05) is 0 Å². The lowest BCUT2D eigenvalue weighted by molar-refractivity contribution is 0.220. The molecular formula is C12H9Cl2NO. The minimum absolute atomic E-state index is 0.448. The second-order valence-electron chi connectivity index (χ2n) is 3.32. The van der Waals surface area contributed by atoms with Gasteiger partial charge < -0.3 is 5.11 Å². The third-order valence-corrected chi connectivity index (χ3v) is 2.93. The van der Waals surface area contributed by atoms with E-state index >= 15 is 0 Å². The van der Waals surface area contributed by atoms with Crippen molar-refractivity contribution in [1.29, 1.82) is 0 Å². The maximum absolute atomic E-state index is 10.1. The molecule has 1 heterocycles. The molecule has 2 nitrogen and oxygen atoms in total. The monoisotopic (exact) mass is 253 g/mol. The third kappa shape index (κ3) is 2.19. The van der Waals surface area contributed by atoms with Crippen molar-refractivity contribution < 1.29 is 5.11 Å². The van der Waals surface area contributed by atoms with Crippen molar-refractivity contribution in [2.24, 2.45) is 0 Å². The van der Waals surface area contributed by atoms with Crippen LogP contribution in [0.15, 0.2) is 42.7 Å². The van der Waals surface area contributed by atoms with Crippen LogP contribution in [0, 0.1) is 0 Å². The molecule has 82 valence electrons. The first kappa shape index (κ1) is 11.4. The standard InChI is InChI=1S/C12H9Cl2NO/c13-9-4-1-5-10(14)11(9)12(16)8-3-2-6-15-7-8/h1-7,12,16H. The smallest absolute Gasteiger partial charge is 0.108 e. The zero-order valence-corrected chi connectivity index (χ0v) is 9.78. The van der Waals surface area contributed by atoms with Gasteiger partial charge in [0.15, 0.2) is 0 Å². The Balaban J connectivity index is 2.46. The number of aliphatic hydroxyl groups is 1. The van der Waals surface area contributed by atoms with E-state index in [-0.39, 0.29) is 0 Å². The number of aliphatic hydroxyl groups excluding tert-OH is 1. The van der Waals surface area contributed by atoms with Crippen molar-refractivity contribution in [2.45, 2.75) is 6.10 Å². The van der Waals surface area contributed by atoms with Gasteiger partial charge in [-0.25, -0.2) is 0 Å². The highest BCUT2D eigenvalue weighted by Gasteiger charge is 2.16. The fourth-order valence-corrected chi connectivity index (χ4v) is 2.08. The molecule has 0 saturated heterocycles. The lowest BCUT2D eigenvalue weighted by atomic mass is 10.0. The van der Waals surface area contributed by atoms with Gasteiger partial charge in [-0.3, -0.25) is 4.98 Å². The summed E-state index contributed by atoms with van der Waals surface area (Å²) in [4.78, 5) is 3.94. The first-order chi connectivity index (χ1) is 7.70. The minimum atomic E-state index is -0.852. The Bertz CT molecular complexity index is 467. The lowest BCUT2D eigenvalue weighted by Crippen LogP contribution is -2.01. The predicted octanol–water partition coefficient (Wildman–Crippen LogP) is 3.47. The van der Waals surface area contributed by atoms with Gasteiger partial charge in [-0.1, -0.05) is 35.3 Å². The van der Waals surface area contributed by atoms with Crippen LogP contribution in [-0.4, -0.2) is 10.1 Å². The normalized spacial score (nSPS) is 12.4. The van der Waals surface area contributed by atoms with Crippen LogP contribution in [0.25, 0.3) is 0 Å². The van der Waals surface area contributed by atoms with Gasteiger partial charge in [-0.2, -0.15) is 0 Å². The molecule has 1 aromatic carbocycles. The van der Waals surface area contributed by atoms with E-state index in [1.807, 2.05) is 0 Å². The molecular weight excluding hydrogens is 245 g/mol. The first-order valence-electron chi connectivity index (χ1n) is 4.72. The summed E-state index contributed by atoms with van der Waals surface area (Å²) in [6.45, 7) is 0. The van der Waals surface area contributed by atoms with Gasteiger partial charge in [0, 0.05) is 33.6 Å². The van der Waals surface area contributed by atoms with E-state index in [0.29, 0.717) is 21.2 Å². The molecule has 1 unspecified atom stereocenters. The second-order valence-corrected chi connectivity index (χ2v) is 4.14. The van der Waals surface area contributed by atoms with Crippen LogP contribution < -0.4 is 0 Å². The van der Waals surface area contributed by atoms with Crippen LogP contribution in [0.5, 0.6) is 0 Å². The number of benzene rings is 1. The number of nitrogens with zero attached hydrogens (tertiary/aromatic N) is 1. The lowest BCUT2D eigenvalue weighted by Gasteiger charge is -2.14. The Labute approximate surface area is 103 Å². The molecule has 0 aliphatic rings. The van der Waals surface area contributed by atoms with E-state index in [4.69, 9.17) is 23.2 Å². The summed E-state index contributed by atoms with van der Waals surface area (Å²) in [5.41, 5.74) is 1.18. The van der Waals surface area contributed by atoms with Crippen molar-refractivity contribution in [1.82, 2.24) is 4.98 Å². The number of halogens is 2. The van der Waals surface area contributed by atoms with E-state index in [2.05, 4.69) is 4.98 Å². The van der Waals surface area contributed by atoms with E-state index in [9.17, 15) is 5.11 Å². The molecule has 0 spiro atoms. The summed E-state index contributed by atoms with van der Waals surface area (Å²) in [6, 6.07) is 8.66. The van der Waals surface area contributed by atoms with E-state index in [1.54, 1.807) is 42.7 Å². The maximum atomic E-state index is 10.1. The second kappa shape index (κ2) is 4.83. The zero-order chi connectivity index (χ0) is 11.5. The highest BCUT2D eigenvalue weighted by atomic mass is 35.5. The highest BCUT2D eigenvalue weighted by Crippen LogP contribution is 2.33. The largest absolute Gasteiger partial charge is 0.383 e. The number of hydrogen-bond acceptors (Lipinski definition) is 2. The molecule has 0 radical (unpaired) electrons. The minimum Gasteiger partial charge on any atom is -0.383 e. The Morgan fingerprint density at radius 3 is 2.31 bits per heavy atom. The first-order valence-corrected chi connectivity index (χ1v) is 5.47. The summed E-state index contributed by atoms with van der Waals surface area (Å²) in [5.74, 6) is 0. The Hall–Kier alpha value is -1.09. The van der Waals surface area contributed by atoms with Gasteiger partial charge in [0.05, 0.1) is 0 Å². The Kier molecular flexibility index (Phi) is 3.44. The van der Waals surface area contributed by atoms with Crippen molar-refractivity contribution in [3.05, 3.63) is 63.9 Å². The summed E-state index contributed by atoms with van der Waals surface area (Å²) in [7, 11) is 0. The van der Waals surface area contributed by atoms with Crippen molar-refractivity contribution in [3.63, 3.8) is 0 Å². The highest BCUT2D eigenvalue weighted by molar-refractivity contribution is 6.36. The molecule has 0 aliphatic heterocycles. The number of aromatic nitrogens is 1. The topological polar surface area (TPSA) is 33.1 Å². The van der Waals surface area contributed by atoms with Gasteiger partial charge in [0.2, 0.25) is 0 Å². The third-order valence-electron chi connectivity index (χ3n) is 2.27. The number of rotatable bonds is 2. The van der Waals surface area contributed by atoms with Crippen LogP contribution in [0.4, 0.5) is 0 Å². The zero-order valence-electron chi connectivity index (χ0n) is 8.27. The molecule has 2 aromatic rings. The van der Waals surface area contributed by atoms with Crippen LogP contribution >= 0.6 is 23.2 Å². The Morgan fingerprint density at radius 1 is 1.06 bits per heavy atom. The molecule has 1 atom stereocenters. The van der Waals surface area contributed by atoms with Crippen LogP contribution in [0.1, 0.15) is 17.2 Å². The number of pyridine rings is 1. The molecule has 0 amide bonds. The summed E-state index contributed by atoms with van der Waals surface area (Å²) >= 11 is 12.0. The Morgan fingerprint density at radius 2 is 1.75 bits per heavy atom. The molecule has 0 bridgehead atoms.